The summed E-state index contributed by atoms with van der Waals surface area (Å²) in [5.41, 5.74) is 0.966. The van der Waals surface area contributed by atoms with E-state index in [1.165, 1.54) is 23.6 Å². The van der Waals surface area contributed by atoms with Crippen molar-refractivity contribution >= 4 is 23.1 Å². The number of carbonyl (C=O) groups excluding carboxylic acids is 1. The number of anilines is 1. The Labute approximate surface area is 165 Å². The van der Waals surface area contributed by atoms with Crippen molar-refractivity contribution < 1.29 is 9.18 Å². The van der Waals surface area contributed by atoms with Gasteiger partial charge < -0.3 is 9.80 Å². The van der Waals surface area contributed by atoms with Gasteiger partial charge in [-0.3, -0.25) is 4.79 Å². The highest BCUT2D eigenvalue weighted by Gasteiger charge is 2.25. The number of benzene rings is 1. The van der Waals surface area contributed by atoms with Gasteiger partial charge in [0.1, 0.15) is 21.5 Å². The maximum absolute atomic E-state index is 13.9. The van der Waals surface area contributed by atoms with Crippen LogP contribution in [0, 0.1) is 17.1 Å². The Morgan fingerprint density at radius 3 is 2.68 bits per heavy atom. The molecule has 3 aromatic rings. The number of rotatable bonds is 3. The van der Waals surface area contributed by atoms with Crippen molar-refractivity contribution in [3.63, 3.8) is 0 Å². The summed E-state index contributed by atoms with van der Waals surface area (Å²) in [5, 5.41) is 9.52. The monoisotopic (exact) mass is 393 g/mol. The summed E-state index contributed by atoms with van der Waals surface area (Å²) in [4.78, 5) is 25.7. The molecule has 1 saturated heterocycles. The van der Waals surface area contributed by atoms with E-state index in [-0.39, 0.29) is 11.7 Å². The fourth-order valence-corrected chi connectivity index (χ4v) is 4.00. The number of amides is 1. The number of nitriles is 1. The number of hydrogen-bond acceptors (Lipinski definition) is 6. The predicted octanol–water partition coefficient (Wildman–Crippen LogP) is 3.18. The molecule has 1 aromatic carbocycles. The molecule has 0 aliphatic carbocycles. The third-order valence-corrected chi connectivity index (χ3v) is 5.60. The van der Waals surface area contributed by atoms with Gasteiger partial charge in [0, 0.05) is 37.9 Å². The minimum Gasteiger partial charge on any atom is -0.353 e. The highest BCUT2D eigenvalue weighted by atomic mass is 32.1. The second-order valence-corrected chi connectivity index (χ2v) is 7.33. The summed E-state index contributed by atoms with van der Waals surface area (Å²) >= 11 is 1.20. The molecule has 1 fully saturated rings. The van der Waals surface area contributed by atoms with E-state index < -0.39 is 0 Å². The maximum atomic E-state index is 13.9. The average Bonchev–Trinajstić information content (AvgIpc) is 3.24. The fourth-order valence-electron chi connectivity index (χ4n) is 3.09. The second kappa shape index (κ2) is 7.74. The number of piperazine rings is 1. The summed E-state index contributed by atoms with van der Waals surface area (Å²) in [7, 11) is 0. The van der Waals surface area contributed by atoms with Crippen LogP contribution >= 0.6 is 11.3 Å². The molecule has 0 spiro atoms. The van der Waals surface area contributed by atoms with Crippen LogP contribution in [0.2, 0.25) is 0 Å². The van der Waals surface area contributed by atoms with Crippen molar-refractivity contribution in [2.75, 3.05) is 31.1 Å². The first kappa shape index (κ1) is 18.1. The van der Waals surface area contributed by atoms with E-state index in [1.807, 2.05) is 0 Å². The molecule has 8 heteroatoms. The van der Waals surface area contributed by atoms with E-state index in [0.717, 1.165) is 5.82 Å². The standard InChI is InChI=1S/C20H16FN5OS/c21-16-4-2-1-3-15(16)19-24-13-17(28-19)20(27)26-9-7-25(8-10-26)18-11-14(12-22)5-6-23-18/h1-6,11,13H,7-10H2. The van der Waals surface area contributed by atoms with Crippen LogP contribution in [0.1, 0.15) is 15.2 Å². The van der Waals surface area contributed by atoms with Crippen LogP contribution in [0.4, 0.5) is 10.2 Å². The molecule has 3 heterocycles. The first-order valence-electron chi connectivity index (χ1n) is 8.77. The van der Waals surface area contributed by atoms with Crippen molar-refractivity contribution in [1.29, 1.82) is 5.26 Å². The van der Waals surface area contributed by atoms with Crippen LogP contribution in [-0.2, 0) is 0 Å². The summed E-state index contributed by atoms with van der Waals surface area (Å²) in [6.45, 7) is 2.35. The van der Waals surface area contributed by atoms with Crippen molar-refractivity contribution in [2.24, 2.45) is 0 Å². The third kappa shape index (κ3) is 3.57. The molecule has 0 atom stereocenters. The lowest BCUT2D eigenvalue weighted by atomic mass is 10.2. The first-order chi connectivity index (χ1) is 13.7. The number of halogens is 1. The van der Waals surface area contributed by atoms with Crippen molar-refractivity contribution in [1.82, 2.24) is 14.9 Å². The molecule has 0 unspecified atom stereocenters. The van der Waals surface area contributed by atoms with Gasteiger partial charge >= 0.3 is 0 Å². The predicted molar refractivity (Wildman–Crippen MR) is 105 cm³/mol. The topological polar surface area (TPSA) is 73.1 Å². The van der Waals surface area contributed by atoms with Crippen LogP contribution in [0.3, 0.4) is 0 Å². The smallest absolute Gasteiger partial charge is 0.265 e. The summed E-state index contributed by atoms with van der Waals surface area (Å²) in [5.74, 6) is 0.292. The summed E-state index contributed by atoms with van der Waals surface area (Å²) in [6, 6.07) is 11.9. The molecule has 28 heavy (non-hydrogen) atoms. The molecule has 0 saturated carbocycles. The minimum atomic E-state index is -0.350. The Bertz CT molecular complexity index is 1050. The average molecular weight is 393 g/mol. The molecule has 1 aliphatic heterocycles. The minimum absolute atomic E-state index is 0.0986. The fraction of sp³-hybridized carbons (Fsp3) is 0.200. The van der Waals surface area contributed by atoms with Gasteiger partial charge in [0.25, 0.3) is 5.91 Å². The Kier molecular flexibility index (Phi) is 5.00. The van der Waals surface area contributed by atoms with Crippen LogP contribution in [0.15, 0.2) is 48.8 Å². The van der Waals surface area contributed by atoms with Crippen molar-refractivity contribution in [3.05, 3.63) is 65.0 Å². The number of hydrogen-bond donors (Lipinski definition) is 0. The zero-order valence-electron chi connectivity index (χ0n) is 14.9. The molecule has 1 amide bonds. The number of pyridine rings is 1. The molecule has 140 valence electrons. The maximum Gasteiger partial charge on any atom is 0.265 e. The van der Waals surface area contributed by atoms with Gasteiger partial charge in [-0.1, -0.05) is 12.1 Å². The number of nitrogens with zero attached hydrogens (tertiary/aromatic N) is 5. The van der Waals surface area contributed by atoms with E-state index >= 15 is 0 Å². The zero-order valence-corrected chi connectivity index (χ0v) is 15.7. The zero-order chi connectivity index (χ0) is 19.5. The number of thiazole rings is 1. The van der Waals surface area contributed by atoms with Gasteiger partial charge in [0.05, 0.1) is 17.8 Å². The summed E-state index contributed by atoms with van der Waals surface area (Å²) < 4.78 is 13.9. The van der Waals surface area contributed by atoms with Gasteiger partial charge in [0.2, 0.25) is 0 Å². The van der Waals surface area contributed by atoms with Gasteiger partial charge in [-0.05, 0) is 24.3 Å². The molecule has 0 radical (unpaired) electrons. The van der Waals surface area contributed by atoms with E-state index in [1.54, 1.807) is 41.4 Å². The van der Waals surface area contributed by atoms with Crippen LogP contribution in [-0.4, -0.2) is 47.0 Å². The van der Waals surface area contributed by atoms with E-state index in [2.05, 4.69) is 20.9 Å². The Morgan fingerprint density at radius 1 is 1.14 bits per heavy atom. The normalized spacial score (nSPS) is 14.0. The van der Waals surface area contributed by atoms with E-state index in [9.17, 15) is 9.18 Å². The van der Waals surface area contributed by atoms with E-state index in [4.69, 9.17) is 5.26 Å². The van der Waals surface area contributed by atoms with Gasteiger partial charge in [-0.2, -0.15) is 5.26 Å². The van der Waals surface area contributed by atoms with Gasteiger partial charge in [-0.15, -0.1) is 11.3 Å². The SMILES string of the molecule is N#Cc1ccnc(N2CCN(C(=O)c3cnc(-c4ccccc4F)s3)CC2)c1. The second-order valence-electron chi connectivity index (χ2n) is 6.30. The highest BCUT2D eigenvalue weighted by Crippen LogP contribution is 2.28. The molecule has 0 bridgehead atoms. The lowest BCUT2D eigenvalue weighted by Gasteiger charge is -2.35. The Hall–Kier alpha value is -3.31. The summed E-state index contributed by atoms with van der Waals surface area (Å²) in [6.07, 6.45) is 3.13. The quantitative estimate of drug-likeness (QED) is 0.683. The molecule has 0 N–H and O–H groups in total. The van der Waals surface area contributed by atoms with Gasteiger partial charge in [-0.25, -0.2) is 14.4 Å². The first-order valence-corrected chi connectivity index (χ1v) is 9.58. The number of aromatic nitrogens is 2. The molecule has 4 rings (SSSR count). The van der Waals surface area contributed by atoms with Crippen LogP contribution in [0.25, 0.3) is 10.6 Å². The number of carbonyl (C=O) groups is 1. The lowest BCUT2D eigenvalue weighted by molar-refractivity contribution is 0.0751. The highest BCUT2D eigenvalue weighted by molar-refractivity contribution is 7.16. The van der Waals surface area contributed by atoms with Crippen molar-refractivity contribution in [2.45, 2.75) is 0 Å². The molecular formula is C20H16FN5OS. The Balaban J connectivity index is 1.43. The molecule has 1 aliphatic rings. The Morgan fingerprint density at radius 2 is 1.93 bits per heavy atom. The molecule has 2 aromatic heterocycles. The van der Waals surface area contributed by atoms with E-state index in [0.29, 0.717) is 47.2 Å². The molecular weight excluding hydrogens is 377 g/mol. The van der Waals surface area contributed by atoms with Crippen molar-refractivity contribution in [3.8, 4) is 16.6 Å². The largest absolute Gasteiger partial charge is 0.353 e. The lowest BCUT2D eigenvalue weighted by Crippen LogP contribution is -2.48. The molecule has 6 nitrogen and oxygen atoms in total. The van der Waals surface area contributed by atoms with Crippen LogP contribution in [0.5, 0.6) is 0 Å². The van der Waals surface area contributed by atoms with Crippen LogP contribution < -0.4 is 4.90 Å². The van der Waals surface area contributed by atoms with Gasteiger partial charge in [0.15, 0.2) is 0 Å². The third-order valence-electron chi connectivity index (χ3n) is 4.59.